The third kappa shape index (κ3) is 4.44. The lowest BCUT2D eigenvalue weighted by molar-refractivity contribution is -0.184. The van der Waals surface area contributed by atoms with Crippen molar-refractivity contribution in [3.05, 3.63) is 47.3 Å². The first-order valence-electron chi connectivity index (χ1n) is 8.20. The normalized spacial score (nSPS) is 18.3. The van der Waals surface area contributed by atoms with E-state index in [1.165, 1.54) is 18.2 Å². The smallest absolute Gasteiger partial charge is 0.338 e. The average molecular weight is 418 g/mol. The lowest BCUT2D eigenvalue weighted by Crippen LogP contribution is -2.44. The number of carbonyl (C=O) groups is 1. The maximum atomic E-state index is 13.0. The Bertz CT molecular complexity index is 912. The topological polar surface area (TPSA) is 66.5 Å². The van der Waals surface area contributed by atoms with Crippen molar-refractivity contribution in [1.29, 1.82) is 0 Å². The Morgan fingerprint density at radius 3 is 2.59 bits per heavy atom. The number of likely N-dealkylation sites (tertiary alicyclic amines) is 1. The zero-order chi connectivity index (χ0) is 19.7. The highest BCUT2D eigenvalue weighted by Gasteiger charge is 2.43. The molecular formula is C17H17F3N2O3S2. The van der Waals surface area contributed by atoms with Gasteiger partial charge in [0, 0.05) is 13.1 Å². The number of nitrogens with zero attached hydrogens (tertiary/aromatic N) is 1. The molecule has 1 aromatic heterocycles. The summed E-state index contributed by atoms with van der Waals surface area (Å²) in [6.45, 7) is -0.217. The maximum Gasteiger partial charge on any atom is 0.393 e. The van der Waals surface area contributed by atoms with Gasteiger partial charge in [0.15, 0.2) is 0 Å². The van der Waals surface area contributed by atoms with Crippen LogP contribution in [-0.2, 0) is 10.0 Å². The van der Waals surface area contributed by atoms with E-state index in [9.17, 15) is 26.4 Å². The standard InChI is InChI=1S/C17H17F3N2O3S2/c18-17(19,20)12-5-3-9-22(11-12)16(23)13-6-1-2-7-14(13)21-27(24,25)15-8-4-10-26-15/h1-2,4,6-8,10,12,21H,3,5,9,11H2. The second kappa shape index (κ2) is 7.51. The molecular weight excluding hydrogens is 401 g/mol. The SMILES string of the molecule is O=C(c1ccccc1NS(=O)(=O)c1cccs1)N1CCCC(C(F)(F)F)C1. The zero-order valence-electron chi connectivity index (χ0n) is 14.1. The van der Waals surface area contributed by atoms with Crippen molar-refractivity contribution in [3.63, 3.8) is 0 Å². The molecule has 5 nitrogen and oxygen atoms in total. The van der Waals surface area contributed by atoms with E-state index in [4.69, 9.17) is 0 Å². The number of rotatable bonds is 4. The number of piperidine rings is 1. The van der Waals surface area contributed by atoms with Crippen molar-refractivity contribution in [2.24, 2.45) is 5.92 Å². The highest BCUT2D eigenvalue weighted by Crippen LogP contribution is 2.34. The van der Waals surface area contributed by atoms with E-state index in [0.717, 1.165) is 16.2 Å². The van der Waals surface area contributed by atoms with E-state index < -0.39 is 34.6 Å². The lowest BCUT2D eigenvalue weighted by Gasteiger charge is -2.34. The molecule has 1 fully saturated rings. The van der Waals surface area contributed by atoms with Gasteiger partial charge >= 0.3 is 6.18 Å². The van der Waals surface area contributed by atoms with E-state index in [-0.39, 0.29) is 34.8 Å². The molecule has 1 aromatic carbocycles. The van der Waals surface area contributed by atoms with E-state index in [2.05, 4.69) is 4.72 Å². The molecule has 1 amide bonds. The summed E-state index contributed by atoms with van der Waals surface area (Å²) in [5.74, 6) is -2.18. The minimum Gasteiger partial charge on any atom is -0.338 e. The summed E-state index contributed by atoms with van der Waals surface area (Å²) in [5.41, 5.74) is 0.0745. The monoisotopic (exact) mass is 418 g/mol. The van der Waals surface area contributed by atoms with Crippen LogP contribution in [-0.4, -0.2) is 38.5 Å². The molecule has 27 heavy (non-hydrogen) atoms. The summed E-state index contributed by atoms with van der Waals surface area (Å²) in [6, 6.07) is 8.94. The van der Waals surface area contributed by atoms with Crippen LogP contribution >= 0.6 is 11.3 Å². The molecule has 2 aromatic rings. The number of amides is 1. The molecule has 0 spiro atoms. The first-order valence-corrected chi connectivity index (χ1v) is 10.6. The molecule has 0 aliphatic carbocycles. The molecule has 1 atom stereocenters. The van der Waals surface area contributed by atoms with Gasteiger partial charge < -0.3 is 4.90 Å². The molecule has 1 saturated heterocycles. The van der Waals surface area contributed by atoms with Crippen LogP contribution in [0.3, 0.4) is 0 Å². The molecule has 10 heteroatoms. The van der Waals surface area contributed by atoms with Crippen LogP contribution in [0.1, 0.15) is 23.2 Å². The second-order valence-corrected chi connectivity index (χ2v) is 9.07. The fourth-order valence-corrected chi connectivity index (χ4v) is 5.04. The number of alkyl halides is 3. The average Bonchev–Trinajstić information content (AvgIpc) is 3.16. The zero-order valence-corrected chi connectivity index (χ0v) is 15.7. The summed E-state index contributed by atoms with van der Waals surface area (Å²) in [5, 5.41) is 1.61. The minimum absolute atomic E-state index is 0.0140. The van der Waals surface area contributed by atoms with E-state index in [0.29, 0.717) is 0 Å². The number of thiophene rings is 1. The number of halogens is 3. The molecule has 1 unspecified atom stereocenters. The number of nitrogens with one attached hydrogen (secondary N) is 1. The quantitative estimate of drug-likeness (QED) is 0.817. The van der Waals surface area contributed by atoms with Crippen LogP contribution in [0, 0.1) is 5.92 Å². The first kappa shape index (κ1) is 19.7. The number of hydrogen-bond donors (Lipinski definition) is 1. The van der Waals surface area contributed by atoms with Gasteiger partial charge in [-0.15, -0.1) is 11.3 Å². The van der Waals surface area contributed by atoms with Crippen molar-refractivity contribution in [2.45, 2.75) is 23.2 Å². The van der Waals surface area contributed by atoms with Gasteiger partial charge in [0.1, 0.15) is 4.21 Å². The van der Waals surface area contributed by atoms with Crippen LogP contribution in [0.4, 0.5) is 18.9 Å². The van der Waals surface area contributed by atoms with Gasteiger partial charge in [0.05, 0.1) is 17.2 Å². The third-order valence-corrected chi connectivity index (χ3v) is 7.10. The van der Waals surface area contributed by atoms with Gasteiger partial charge in [-0.25, -0.2) is 8.42 Å². The Morgan fingerprint density at radius 2 is 1.93 bits per heavy atom. The number of anilines is 1. The summed E-state index contributed by atoms with van der Waals surface area (Å²) >= 11 is 1.02. The summed E-state index contributed by atoms with van der Waals surface area (Å²) in [7, 11) is -3.87. The third-order valence-electron chi connectivity index (χ3n) is 4.33. The predicted octanol–water partition coefficient (Wildman–Crippen LogP) is 3.96. The highest BCUT2D eigenvalue weighted by atomic mass is 32.2. The van der Waals surface area contributed by atoms with Crippen molar-refractivity contribution in [3.8, 4) is 0 Å². The Labute approximate surface area is 158 Å². The first-order chi connectivity index (χ1) is 12.7. The number of para-hydroxylation sites is 1. The maximum absolute atomic E-state index is 13.0. The molecule has 3 rings (SSSR count). The second-order valence-electron chi connectivity index (χ2n) is 6.22. The Morgan fingerprint density at radius 1 is 1.19 bits per heavy atom. The van der Waals surface area contributed by atoms with E-state index in [1.807, 2.05) is 0 Å². The number of hydrogen-bond acceptors (Lipinski definition) is 4. The highest BCUT2D eigenvalue weighted by molar-refractivity contribution is 7.94. The van der Waals surface area contributed by atoms with Gasteiger partial charge in [0.2, 0.25) is 0 Å². The van der Waals surface area contributed by atoms with Gasteiger partial charge in [-0.2, -0.15) is 13.2 Å². The Balaban J connectivity index is 1.84. The van der Waals surface area contributed by atoms with Gasteiger partial charge in [-0.3, -0.25) is 9.52 Å². The summed E-state index contributed by atoms with van der Waals surface area (Å²) < 4.78 is 66.3. The summed E-state index contributed by atoms with van der Waals surface area (Å²) in [4.78, 5) is 13.9. The van der Waals surface area contributed by atoms with Crippen molar-refractivity contribution in [1.82, 2.24) is 4.90 Å². The number of sulfonamides is 1. The molecule has 1 aliphatic heterocycles. The van der Waals surface area contributed by atoms with Crippen LogP contribution in [0.5, 0.6) is 0 Å². The van der Waals surface area contributed by atoms with Crippen molar-refractivity contribution < 1.29 is 26.4 Å². The van der Waals surface area contributed by atoms with Crippen LogP contribution in [0.2, 0.25) is 0 Å². The molecule has 1 N–H and O–H groups in total. The number of benzene rings is 1. The van der Waals surface area contributed by atoms with Gasteiger partial charge in [-0.1, -0.05) is 18.2 Å². The number of carbonyl (C=O) groups excluding carboxylic acids is 1. The Hall–Kier alpha value is -2.07. The lowest BCUT2D eigenvalue weighted by atomic mass is 9.96. The fourth-order valence-electron chi connectivity index (χ4n) is 2.97. The van der Waals surface area contributed by atoms with Crippen LogP contribution < -0.4 is 4.72 Å². The Kier molecular flexibility index (Phi) is 5.48. The molecule has 0 saturated carbocycles. The van der Waals surface area contributed by atoms with Crippen molar-refractivity contribution >= 4 is 33.0 Å². The molecule has 146 valence electrons. The molecule has 0 bridgehead atoms. The molecule has 1 aliphatic rings. The van der Waals surface area contributed by atoms with Gasteiger partial charge in [0.25, 0.3) is 15.9 Å². The fraction of sp³-hybridized carbons (Fsp3) is 0.353. The van der Waals surface area contributed by atoms with E-state index >= 15 is 0 Å². The minimum atomic E-state index is -4.36. The van der Waals surface area contributed by atoms with Crippen molar-refractivity contribution in [2.75, 3.05) is 17.8 Å². The molecule has 2 heterocycles. The van der Waals surface area contributed by atoms with Crippen LogP contribution in [0.25, 0.3) is 0 Å². The van der Waals surface area contributed by atoms with E-state index in [1.54, 1.807) is 23.6 Å². The molecule has 0 radical (unpaired) electrons. The predicted molar refractivity (Wildman–Crippen MR) is 96.3 cm³/mol. The van der Waals surface area contributed by atoms with Crippen LogP contribution in [0.15, 0.2) is 46.0 Å². The summed E-state index contributed by atoms with van der Waals surface area (Å²) in [6.07, 6.45) is -4.13. The van der Waals surface area contributed by atoms with Gasteiger partial charge in [-0.05, 0) is 36.4 Å². The largest absolute Gasteiger partial charge is 0.393 e.